The molecule has 0 amide bonds. The molecule has 2 rings (SSSR count). The van der Waals surface area contributed by atoms with E-state index < -0.39 is 0 Å². The number of nitrogens with one attached hydrogen (secondary N) is 1. The first-order valence-corrected chi connectivity index (χ1v) is 6.98. The smallest absolute Gasteiger partial charge is 0.119 e. The molecule has 94 valence electrons. The molecular formula is C14H20BrNO. The van der Waals surface area contributed by atoms with Crippen LogP contribution in [0.15, 0.2) is 22.7 Å². The van der Waals surface area contributed by atoms with Crippen molar-refractivity contribution in [3.8, 4) is 5.75 Å². The van der Waals surface area contributed by atoms with Gasteiger partial charge >= 0.3 is 0 Å². The van der Waals surface area contributed by atoms with E-state index in [4.69, 9.17) is 4.74 Å². The predicted molar refractivity (Wildman–Crippen MR) is 74.7 cm³/mol. The van der Waals surface area contributed by atoms with E-state index in [1.807, 2.05) is 6.07 Å². The number of methoxy groups -OCH3 is 1. The fraction of sp³-hybridized carbons (Fsp3) is 0.571. The van der Waals surface area contributed by atoms with E-state index in [9.17, 15) is 0 Å². The van der Waals surface area contributed by atoms with E-state index in [1.165, 1.54) is 16.5 Å². The molecule has 1 aliphatic carbocycles. The molecule has 1 aromatic carbocycles. The van der Waals surface area contributed by atoms with E-state index in [0.29, 0.717) is 12.0 Å². The average Bonchev–Trinajstić information content (AvgIpc) is 3.06. The Hall–Kier alpha value is -0.540. The topological polar surface area (TPSA) is 21.3 Å². The lowest BCUT2D eigenvalue weighted by atomic mass is 10.1. The van der Waals surface area contributed by atoms with Crippen LogP contribution < -0.4 is 10.1 Å². The lowest BCUT2D eigenvalue weighted by Gasteiger charge is -2.09. The second kappa shape index (κ2) is 5.40. The SMILES string of the molecule is COc1ccc(Br)c(C2CC2CNC(C)C)c1. The third kappa shape index (κ3) is 3.23. The summed E-state index contributed by atoms with van der Waals surface area (Å²) in [6.45, 7) is 5.50. The minimum atomic E-state index is 0.574. The standard InChI is InChI=1S/C14H20BrNO/c1-9(2)16-8-10-6-12(10)13-7-11(17-3)4-5-14(13)15/h4-5,7,9-10,12,16H,6,8H2,1-3H3. The van der Waals surface area contributed by atoms with Gasteiger partial charge < -0.3 is 10.1 Å². The molecule has 0 aliphatic heterocycles. The van der Waals surface area contributed by atoms with Gasteiger partial charge in [0.15, 0.2) is 0 Å². The second-order valence-electron chi connectivity index (χ2n) is 5.05. The van der Waals surface area contributed by atoms with Crippen molar-refractivity contribution < 1.29 is 4.74 Å². The summed E-state index contributed by atoms with van der Waals surface area (Å²) in [4.78, 5) is 0. The molecule has 2 unspecified atom stereocenters. The van der Waals surface area contributed by atoms with E-state index >= 15 is 0 Å². The van der Waals surface area contributed by atoms with Gasteiger partial charge in [-0.25, -0.2) is 0 Å². The number of rotatable bonds is 5. The fourth-order valence-electron chi connectivity index (χ4n) is 2.17. The van der Waals surface area contributed by atoms with Crippen molar-refractivity contribution in [2.45, 2.75) is 32.2 Å². The van der Waals surface area contributed by atoms with Crippen molar-refractivity contribution in [1.29, 1.82) is 0 Å². The highest BCUT2D eigenvalue weighted by atomic mass is 79.9. The van der Waals surface area contributed by atoms with E-state index in [1.54, 1.807) is 7.11 Å². The highest BCUT2D eigenvalue weighted by Crippen LogP contribution is 2.49. The molecule has 1 aromatic rings. The highest BCUT2D eigenvalue weighted by molar-refractivity contribution is 9.10. The zero-order valence-electron chi connectivity index (χ0n) is 10.7. The maximum absolute atomic E-state index is 5.28. The quantitative estimate of drug-likeness (QED) is 0.897. The maximum atomic E-state index is 5.28. The Balaban J connectivity index is 2.00. The Kier molecular flexibility index (Phi) is 4.10. The molecule has 1 aliphatic rings. The summed E-state index contributed by atoms with van der Waals surface area (Å²) in [6.07, 6.45) is 1.28. The van der Waals surface area contributed by atoms with Crippen LogP contribution in [0.5, 0.6) is 5.75 Å². The summed E-state index contributed by atoms with van der Waals surface area (Å²) in [6, 6.07) is 6.81. The molecule has 0 saturated heterocycles. The van der Waals surface area contributed by atoms with Gasteiger partial charge in [-0.3, -0.25) is 0 Å². The molecule has 0 bridgehead atoms. The second-order valence-corrected chi connectivity index (χ2v) is 5.91. The first-order chi connectivity index (χ1) is 8.11. The van der Waals surface area contributed by atoms with Crippen molar-refractivity contribution >= 4 is 15.9 Å². The van der Waals surface area contributed by atoms with Crippen molar-refractivity contribution in [2.75, 3.05) is 13.7 Å². The number of ether oxygens (including phenoxy) is 1. The van der Waals surface area contributed by atoms with Gasteiger partial charge in [0.1, 0.15) is 5.75 Å². The van der Waals surface area contributed by atoms with Crippen molar-refractivity contribution in [1.82, 2.24) is 5.32 Å². The van der Waals surface area contributed by atoms with Gasteiger partial charge in [-0.05, 0) is 48.6 Å². The normalized spacial score (nSPS) is 22.9. The molecule has 2 nitrogen and oxygen atoms in total. The first-order valence-electron chi connectivity index (χ1n) is 6.18. The third-order valence-corrected chi connectivity index (χ3v) is 4.04. The van der Waals surface area contributed by atoms with Crippen LogP contribution in [0.25, 0.3) is 0 Å². The summed E-state index contributed by atoms with van der Waals surface area (Å²) in [5, 5.41) is 3.51. The van der Waals surface area contributed by atoms with Crippen LogP contribution in [0, 0.1) is 5.92 Å². The number of hydrogen-bond donors (Lipinski definition) is 1. The van der Waals surface area contributed by atoms with Crippen LogP contribution in [0.4, 0.5) is 0 Å². The van der Waals surface area contributed by atoms with Crippen LogP contribution in [-0.2, 0) is 0 Å². The summed E-state index contributed by atoms with van der Waals surface area (Å²) in [5.41, 5.74) is 1.39. The lowest BCUT2D eigenvalue weighted by molar-refractivity contribution is 0.414. The van der Waals surface area contributed by atoms with Gasteiger partial charge in [0, 0.05) is 10.5 Å². The highest BCUT2D eigenvalue weighted by Gasteiger charge is 2.39. The summed E-state index contributed by atoms with van der Waals surface area (Å²) >= 11 is 3.63. The molecule has 17 heavy (non-hydrogen) atoms. The van der Waals surface area contributed by atoms with Crippen LogP contribution in [-0.4, -0.2) is 19.7 Å². The molecule has 0 radical (unpaired) electrons. The summed E-state index contributed by atoms with van der Waals surface area (Å²) in [7, 11) is 1.72. The van der Waals surface area contributed by atoms with Crippen molar-refractivity contribution in [3.05, 3.63) is 28.2 Å². The number of halogens is 1. The van der Waals surface area contributed by atoms with Gasteiger partial charge in [-0.15, -0.1) is 0 Å². The van der Waals surface area contributed by atoms with E-state index in [0.717, 1.165) is 18.2 Å². The molecule has 2 atom stereocenters. The van der Waals surface area contributed by atoms with Gasteiger partial charge in [0.25, 0.3) is 0 Å². The number of benzene rings is 1. The molecule has 1 saturated carbocycles. The molecule has 0 spiro atoms. The summed E-state index contributed by atoms with van der Waals surface area (Å²) in [5.74, 6) is 2.41. The van der Waals surface area contributed by atoms with Crippen LogP contribution in [0.1, 0.15) is 31.7 Å². The van der Waals surface area contributed by atoms with Crippen LogP contribution >= 0.6 is 15.9 Å². The predicted octanol–water partition coefficient (Wildman–Crippen LogP) is 3.56. The Labute approximate surface area is 112 Å². The van der Waals surface area contributed by atoms with Gasteiger partial charge in [-0.1, -0.05) is 29.8 Å². The maximum Gasteiger partial charge on any atom is 0.119 e. The molecule has 0 aromatic heterocycles. The number of hydrogen-bond acceptors (Lipinski definition) is 2. The molecule has 3 heteroatoms. The van der Waals surface area contributed by atoms with E-state index in [-0.39, 0.29) is 0 Å². The van der Waals surface area contributed by atoms with Gasteiger partial charge in [0.05, 0.1) is 7.11 Å². The Morgan fingerprint density at radius 2 is 2.24 bits per heavy atom. The van der Waals surface area contributed by atoms with Gasteiger partial charge in [-0.2, -0.15) is 0 Å². The molecule has 1 fully saturated rings. The van der Waals surface area contributed by atoms with Crippen LogP contribution in [0.3, 0.4) is 0 Å². The minimum Gasteiger partial charge on any atom is -0.497 e. The largest absolute Gasteiger partial charge is 0.497 e. The monoisotopic (exact) mass is 297 g/mol. The average molecular weight is 298 g/mol. The van der Waals surface area contributed by atoms with E-state index in [2.05, 4.69) is 47.2 Å². The Morgan fingerprint density at radius 3 is 2.88 bits per heavy atom. The Morgan fingerprint density at radius 1 is 1.47 bits per heavy atom. The zero-order chi connectivity index (χ0) is 12.4. The third-order valence-electron chi connectivity index (χ3n) is 3.31. The Bertz CT molecular complexity index is 392. The van der Waals surface area contributed by atoms with Crippen LogP contribution in [0.2, 0.25) is 0 Å². The van der Waals surface area contributed by atoms with Crippen molar-refractivity contribution in [2.24, 2.45) is 5.92 Å². The van der Waals surface area contributed by atoms with Gasteiger partial charge in [0.2, 0.25) is 0 Å². The summed E-state index contributed by atoms with van der Waals surface area (Å²) < 4.78 is 6.49. The molecular weight excluding hydrogens is 278 g/mol. The fourth-order valence-corrected chi connectivity index (χ4v) is 2.71. The van der Waals surface area contributed by atoms with Crippen molar-refractivity contribution in [3.63, 3.8) is 0 Å². The molecule has 1 N–H and O–H groups in total. The first kappa shape index (κ1) is 12.9. The zero-order valence-corrected chi connectivity index (χ0v) is 12.3. The lowest BCUT2D eigenvalue weighted by Crippen LogP contribution is -2.25. The minimum absolute atomic E-state index is 0.574. The molecule has 0 heterocycles.